The van der Waals surface area contributed by atoms with Crippen LogP contribution in [-0.4, -0.2) is 99.8 Å². The summed E-state index contributed by atoms with van der Waals surface area (Å²) in [4.78, 5) is 37.3. The molecule has 5 aromatic rings. The van der Waals surface area contributed by atoms with Gasteiger partial charge in [0.05, 0.1) is 41.4 Å². The highest BCUT2D eigenvalue weighted by Crippen LogP contribution is 2.44. The zero-order valence-corrected chi connectivity index (χ0v) is 37.5. The number of fused-ring (bicyclic) bond motifs is 1. The predicted molar refractivity (Wildman–Crippen MR) is 245 cm³/mol. The van der Waals surface area contributed by atoms with Gasteiger partial charge in [0.1, 0.15) is 17.1 Å². The van der Waals surface area contributed by atoms with Crippen LogP contribution in [-0.2, 0) is 14.8 Å². The van der Waals surface area contributed by atoms with E-state index in [1.54, 1.807) is 24.4 Å². The van der Waals surface area contributed by atoms with E-state index >= 15 is 0 Å². The Hall–Kier alpha value is -5.52. The second kappa shape index (κ2) is 17.8. The number of nitro benzene ring substituents is 1. The molecule has 17 heteroatoms. The van der Waals surface area contributed by atoms with Gasteiger partial charge in [-0.05, 0) is 97.3 Å². The summed E-state index contributed by atoms with van der Waals surface area (Å²) in [5, 5.41) is 17.1. The van der Waals surface area contributed by atoms with Gasteiger partial charge in [-0.3, -0.25) is 19.8 Å². The number of rotatable bonds is 14. The van der Waals surface area contributed by atoms with Crippen LogP contribution in [0.15, 0.2) is 95.7 Å². The first-order valence-corrected chi connectivity index (χ1v) is 23.6. The molecular weight excluding hydrogens is 858 g/mol. The molecular formula is C47H52ClN7O8S. The number of halogens is 1. The Balaban J connectivity index is 0.928. The number of piperazine rings is 1. The molecule has 0 unspecified atom stereocenters. The first-order chi connectivity index (χ1) is 30.7. The molecule has 5 heterocycles. The maximum atomic E-state index is 14.0. The number of benzene rings is 3. The number of anilines is 1. The first-order valence-electron chi connectivity index (χ1n) is 21.7. The average molecular weight is 910 g/mol. The smallest absolute Gasteiger partial charge is 0.312 e. The molecule has 9 rings (SSSR count). The van der Waals surface area contributed by atoms with Gasteiger partial charge < -0.3 is 29.4 Å². The highest BCUT2D eigenvalue weighted by Gasteiger charge is 2.46. The van der Waals surface area contributed by atoms with Crippen molar-refractivity contribution in [3.63, 3.8) is 0 Å². The van der Waals surface area contributed by atoms with Crippen LogP contribution in [0.4, 0.5) is 11.4 Å². The molecule has 3 fully saturated rings. The zero-order valence-electron chi connectivity index (χ0n) is 35.9. The van der Waals surface area contributed by atoms with Crippen LogP contribution < -0.4 is 24.4 Å². The second-order valence-electron chi connectivity index (χ2n) is 18.2. The number of allylic oxidation sites excluding steroid dienone is 1. The summed E-state index contributed by atoms with van der Waals surface area (Å²) < 4.78 is 47.5. The van der Waals surface area contributed by atoms with Crippen molar-refractivity contribution in [3.8, 4) is 17.2 Å². The average Bonchev–Trinajstić information content (AvgIpc) is 3.93. The molecule has 1 aliphatic carbocycles. The molecule has 3 aromatic carbocycles. The number of amides is 1. The predicted octanol–water partition coefficient (Wildman–Crippen LogP) is 7.83. The van der Waals surface area contributed by atoms with Crippen LogP contribution in [0.3, 0.4) is 0 Å². The second-order valence-corrected chi connectivity index (χ2v) is 20.3. The SMILES string of the molecule is CC1(C)CCC(CN2CCN(c3ccc(C(=O)NS(=O)(=O)c4ccc(OC[C@]5(C6COC6)CCNC5)c([N+](=O)[O-])c4)c(Oc4cnc5[nH]ccc5c4)c3)CC2)=C(c2ccc(Cl)cc2)C1. The van der Waals surface area contributed by atoms with E-state index in [9.17, 15) is 23.3 Å². The van der Waals surface area contributed by atoms with Crippen molar-refractivity contribution in [1.29, 1.82) is 0 Å². The van der Waals surface area contributed by atoms with Gasteiger partial charge in [-0.2, -0.15) is 0 Å². The first kappa shape index (κ1) is 43.7. The van der Waals surface area contributed by atoms with Crippen molar-refractivity contribution in [2.24, 2.45) is 16.7 Å². The number of H-pyrrole nitrogens is 1. The fourth-order valence-electron chi connectivity index (χ4n) is 9.31. The van der Waals surface area contributed by atoms with Gasteiger partial charge in [0.2, 0.25) is 0 Å². The summed E-state index contributed by atoms with van der Waals surface area (Å²) in [6.45, 7) is 11.5. The summed E-state index contributed by atoms with van der Waals surface area (Å²) in [5.74, 6) is -0.301. The lowest BCUT2D eigenvalue weighted by Gasteiger charge is -2.41. The minimum Gasteiger partial charge on any atom is -0.486 e. The number of carbonyl (C=O) groups excluding carboxylic acids is 1. The zero-order chi connectivity index (χ0) is 44.6. The van der Waals surface area contributed by atoms with Crippen molar-refractivity contribution in [2.75, 3.05) is 70.5 Å². The molecule has 2 aromatic heterocycles. The van der Waals surface area contributed by atoms with Gasteiger partial charge in [0.15, 0.2) is 5.75 Å². The van der Waals surface area contributed by atoms with Gasteiger partial charge >= 0.3 is 5.69 Å². The summed E-state index contributed by atoms with van der Waals surface area (Å²) in [7, 11) is -4.61. The van der Waals surface area contributed by atoms with Crippen LogP contribution >= 0.6 is 11.6 Å². The van der Waals surface area contributed by atoms with Crippen LogP contribution in [0.1, 0.15) is 55.5 Å². The largest absolute Gasteiger partial charge is 0.486 e. The standard InChI is InChI=1S/C47H52ClN7O8S/c1-46(2)13-11-33(40(24-46)31-3-5-35(48)6-4-31)26-53-17-19-54(20-18-53)36-7-9-39(43(22-36)63-37-21-32-12-15-50-44(32)51-25-37)45(56)52-64(59,60)38-8-10-42(41(23-38)55(57)58)62-30-47(14-16-49-29-47)34-27-61-28-34/h3-10,12,15,21-23,25,34,49H,11,13-14,16-20,24,26-30H2,1-2H3,(H,50,51)(H,52,56)/t47-/m0/s1. The Morgan fingerprint density at radius 2 is 1.81 bits per heavy atom. The molecule has 64 heavy (non-hydrogen) atoms. The monoisotopic (exact) mass is 909 g/mol. The normalized spacial score (nSPS) is 20.6. The van der Waals surface area contributed by atoms with Crippen LogP contribution in [0.25, 0.3) is 16.6 Å². The Kier molecular flexibility index (Phi) is 12.2. The Bertz CT molecular complexity index is 2700. The van der Waals surface area contributed by atoms with Crippen LogP contribution in [0.5, 0.6) is 17.2 Å². The maximum Gasteiger partial charge on any atom is 0.312 e. The van der Waals surface area contributed by atoms with E-state index in [1.807, 2.05) is 18.2 Å². The number of aromatic nitrogens is 2. The van der Waals surface area contributed by atoms with Gasteiger partial charge in [0, 0.05) is 85.0 Å². The van der Waals surface area contributed by atoms with E-state index in [2.05, 4.69) is 55.8 Å². The molecule has 1 amide bonds. The fraction of sp³-hybridized carbons (Fsp3) is 0.404. The minimum absolute atomic E-state index is 0.0492. The molecule has 3 saturated heterocycles. The van der Waals surface area contributed by atoms with Crippen LogP contribution in [0, 0.1) is 26.9 Å². The van der Waals surface area contributed by atoms with Gasteiger partial charge in [-0.1, -0.05) is 43.2 Å². The topological polar surface area (TPSA) is 181 Å². The van der Waals surface area contributed by atoms with Crippen molar-refractivity contribution >= 4 is 55.5 Å². The lowest BCUT2D eigenvalue weighted by molar-refractivity contribution is -0.386. The number of nitro groups is 1. The number of carbonyl (C=O) groups is 1. The number of ether oxygens (including phenoxy) is 3. The molecule has 0 saturated carbocycles. The van der Waals surface area contributed by atoms with Crippen molar-refractivity contribution in [3.05, 3.63) is 117 Å². The molecule has 0 bridgehead atoms. The number of hydrogen-bond donors (Lipinski definition) is 3. The summed E-state index contributed by atoms with van der Waals surface area (Å²) in [6.07, 6.45) is 7.30. The highest BCUT2D eigenvalue weighted by atomic mass is 35.5. The van der Waals surface area contributed by atoms with E-state index in [1.165, 1.54) is 41.1 Å². The number of nitrogens with one attached hydrogen (secondary N) is 3. The number of pyridine rings is 1. The highest BCUT2D eigenvalue weighted by molar-refractivity contribution is 7.90. The molecule has 336 valence electrons. The maximum absolute atomic E-state index is 14.0. The molecule has 0 radical (unpaired) electrons. The third-order valence-corrected chi connectivity index (χ3v) is 14.9. The quantitative estimate of drug-likeness (QED) is 0.0727. The van der Waals surface area contributed by atoms with E-state index in [0.717, 1.165) is 87.1 Å². The van der Waals surface area contributed by atoms with E-state index in [4.69, 9.17) is 25.8 Å². The fourth-order valence-corrected chi connectivity index (χ4v) is 10.4. The number of sulfonamides is 1. The molecule has 3 aliphatic heterocycles. The molecule has 4 aliphatic rings. The molecule has 1 atom stereocenters. The van der Waals surface area contributed by atoms with Crippen molar-refractivity contribution < 1.29 is 32.3 Å². The van der Waals surface area contributed by atoms with Crippen LogP contribution in [0.2, 0.25) is 5.02 Å². The lowest BCUT2D eigenvalue weighted by Crippen LogP contribution is -2.48. The van der Waals surface area contributed by atoms with E-state index < -0.39 is 31.4 Å². The Morgan fingerprint density at radius 1 is 1.02 bits per heavy atom. The van der Waals surface area contributed by atoms with Crippen molar-refractivity contribution in [1.82, 2.24) is 24.9 Å². The molecule has 15 nitrogen and oxygen atoms in total. The Morgan fingerprint density at radius 3 is 2.53 bits per heavy atom. The number of aromatic amines is 1. The molecule has 3 N–H and O–H groups in total. The van der Waals surface area contributed by atoms with Gasteiger partial charge in [0.25, 0.3) is 15.9 Å². The summed E-state index contributed by atoms with van der Waals surface area (Å²) in [5.41, 5.74) is 4.96. The lowest BCUT2D eigenvalue weighted by atomic mass is 9.72. The van der Waals surface area contributed by atoms with E-state index in [-0.39, 0.29) is 40.4 Å². The van der Waals surface area contributed by atoms with Gasteiger partial charge in [-0.15, -0.1) is 0 Å². The number of hydrogen-bond acceptors (Lipinski definition) is 12. The Labute approximate surface area is 377 Å². The third kappa shape index (κ3) is 9.33. The third-order valence-electron chi connectivity index (χ3n) is 13.3. The van der Waals surface area contributed by atoms with Crippen molar-refractivity contribution in [2.45, 2.75) is 44.4 Å². The summed E-state index contributed by atoms with van der Waals surface area (Å²) >= 11 is 6.25. The minimum atomic E-state index is -4.61. The molecule has 0 spiro atoms. The van der Waals surface area contributed by atoms with Gasteiger partial charge in [-0.25, -0.2) is 18.1 Å². The number of nitrogens with zero attached hydrogens (tertiary/aromatic N) is 4. The van der Waals surface area contributed by atoms with E-state index in [0.29, 0.717) is 31.2 Å². The summed E-state index contributed by atoms with van der Waals surface area (Å²) in [6, 6.07) is 20.2.